The summed E-state index contributed by atoms with van der Waals surface area (Å²) in [6.07, 6.45) is 1.23. The van der Waals surface area contributed by atoms with Crippen LogP contribution in [-0.2, 0) is 24.5 Å². The first-order chi connectivity index (χ1) is 12.2. The van der Waals surface area contributed by atoms with E-state index in [4.69, 9.17) is 4.74 Å². The Morgan fingerprint density at radius 1 is 1.04 bits per heavy atom. The summed E-state index contributed by atoms with van der Waals surface area (Å²) in [6.45, 7) is 4.27. The molecule has 1 aliphatic carbocycles. The highest BCUT2D eigenvalue weighted by Crippen LogP contribution is 2.28. The summed E-state index contributed by atoms with van der Waals surface area (Å²) in [4.78, 5) is 4.29. The number of guanidine groups is 1. The highest BCUT2D eigenvalue weighted by molar-refractivity contribution is 14.0. The van der Waals surface area contributed by atoms with E-state index < -0.39 is 0 Å². The van der Waals surface area contributed by atoms with E-state index in [1.165, 1.54) is 23.1 Å². The Balaban J connectivity index is 0.00000243. The predicted octanol–water partition coefficient (Wildman–Crippen LogP) is 4.09. The van der Waals surface area contributed by atoms with E-state index in [1.54, 1.807) is 0 Å². The number of halogens is 1. The number of nitrogens with one attached hydrogen (secondary N) is 2. The van der Waals surface area contributed by atoms with Crippen LogP contribution in [0.15, 0.2) is 59.6 Å². The Labute approximate surface area is 173 Å². The molecule has 0 aliphatic heterocycles. The van der Waals surface area contributed by atoms with Crippen LogP contribution in [0.25, 0.3) is 0 Å². The molecule has 2 aromatic rings. The molecule has 1 fully saturated rings. The molecule has 4 nitrogen and oxygen atoms in total. The maximum atomic E-state index is 5.82. The number of aliphatic imine (C=N–C) groups is 1. The van der Waals surface area contributed by atoms with Crippen molar-refractivity contribution in [1.29, 1.82) is 0 Å². The molecule has 0 radical (unpaired) electrons. The maximum Gasteiger partial charge on any atom is 0.191 e. The molecule has 0 aromatic heterocycles. The Morgan fingerprint density at radius 2 is 1.69 bits per heavy atom. The van der Waals surface area contributed by atoms with Gasteiger partial charge in [-0.05, 0) is 29.0 Å². The lowest BCUT2D eigenvalue weighted by Crippen LogP contribution is -2.38. The van der Waals surface area contributed by atoms with Crippen molar-refractivity contribution in [3.63, 3.8) is 0 Å². The third-order valence-electron chi connectivity index (χ3n) is 4.49. The van der Waals surface area contributed by atoms with E-state index in [1.807, 2.05) is 25.2 Å². The quantitative estimate of drug-likeness (QED) is 0.368. The number of ether oxygens (including phenoxy) is 1. The minimum atomic E-state index is 0. The second-order valence-corrected chi connectivity index (χ2v) is 6.69. The van der Waals surface area contributed by atoms with E-state index >= 15 is 0 Å². The molecule has 0 heterocycles. The second kappa shape index (κ2) is 10.5. The molecule has 0 amide bonds. The van der Waals surface area contributed by atoms with E-state index in [2.05, 4.69) is 58.9 Å². The molecule has 5 heteroatoms. The van der Waals surface area contributed by atoms with Crippen LogP contribution in [0.1, 0.15) is 30.0 Å². The van der Waals surface area contributed by atoms with Gasteiger partial charge in [-0.15, -0.1) is 24.0 Å². The smallest absolute Gasteiger partial charge is 0.191 e. The molecule has 1 aliphatic rings. The average Bonchev–Trinajstić information content (AvgIpc) is 3.34. The SMILES string of the molecule is CN=C(NCc1cccc(COCc2ccccc2)c1)NC1CC1C.I. The third-order valence-corrected chi connectivity index (χ3v) is 4.49. The van der Waals surface area contributed by atoms with Gasteiger partial charge in [0.1, 0.15) is 0 Å². The molecular formula is C21H28IN3O. The molecule has 26 heavy (non-hydrogen) atoms. The number of benzene rings is 2. The monoisotopic (exact) mass is 465 g/mol. The van der Waals surface area contributed by atoms with Crippen molar-refractivity contribution in [2.24, 2.45) is 10.9 Å². The second-order valence-electron chi connectivity index (χ2n) is 6.69. The van der Waals surface area contributed by atoms with Crippen LogP contribution >= 0.6 is 24.0 Å². The van der Waals surface area contributed by atoms with Crippen molar-refractivity contribution in [2.45, 2.75) is 39.1 Å². The molecule has 140 valence electrons. The van der Waals surface area contributed by atoms with Gasteiger partial charge in [0.25, 0.3) is 0 Å². The zero-order chi connectivity index (χ0) is 17.5. The van der Waals surface area contributed by atoms with E-state index in [0.29, 0.717) is 19.3 Å². The lowest BCUT2D eigenvalue weighted by Gasteiger charge is -2.12. The molecule has 2 atom stereocenters. The number of rotatable bonds is 7. The van der Waals surface area contributed by atoms with Crippen LogP contribution in [0, 0.1) is 5.92 Å². The van der Waals surface area contributed by atoms with Crippen LogP contribution < -0.4 is 10.6 Å². The van der Waals surface area contributed by atoms with Gasteiger partial charge in [0, 0.05) is 19.6 Å². The van der Waals surface area contributed by atoms with Crippen molar-refractivity contribution in [1.82, 2.24) is 10.6 Å². The fourth-order valence-electron chi connectivity index (χ4n) is 2.77. The Morgan fingerprint density at radius 3 is 2.38 bits per heavy atom. The van der Waals surface area contributed by atoms with E-state index in [9.17, 15) is 0 Å². The van der Waals surface area contributed by atoms with Gasteiger partial charge in [-0.2, -0.15) is 0 Å². The van der Waals surface area contributed by atoms with Crippen LogP contribution in [0.5, 0.6) is 0 Å². The molecule has 2 unspecified atom stereocenters. The van der Waals surface area contributed by atoms with Crippen molar-refractivity contribution < 1.29 is 4.74 Å². The Hall–Kier alpha value is -1.60. The van der Waals surface area contributed by atoms with Gasteiger partial charge in [-0.1, -0.05) is 61.5 Å². The van der Waals surface area contributed by atoms with Crippen LogP contribution in [0.2, 0.25) is 0 Å². The molecule has 0 bridgehead atoms. The standard InChI is InChI=1S/C21H27N3O.HI/c1-16-11-20(16)24-21(22-2)23-13-18-9-6-10-19(12-18)15-25-14-17-7-4-3-5-8-17;/h3-10,12,16,20H,11,13-15H2,1-2H3,(H2,22,23,24);1H. The van der Waals surface area contributed by atoms with Gasteiger partial charge in [0.05, 0.1) is 13.2 Å². The topological polar surface area (TPSA) is 45.7 Å². The van der Waals surface area contributed by atoms with Gasteiger partial charge in [-0.3, -0.25) is 4.99 Å². The first-order valence-corrected chi connectivity index (χ1v) is 8.91. The summed E-state index contributed by atoms with van der Waals surface area (Å²) < 4.78 is 5.82. The zero-order valence-electron chi connectivity index (χ0n) is 15.4. The number of hydrogen-bond donors (Lipinski definition) is 2. The fourth-order valence-corrected chi connectivity index (χ4v) is 2.77. The summed E-state index contributed by atoms with van der Waals surface area (Å²) in [7, 11) is 1.82. The minimum Gasteiger partial charge on any atom is -0.372 e. The van der Waals surface area contributed by atoms with Gasteiger partial charge in [0.2, 0.25) is 0 Å². The van der Waals surface area contributed by atoms with Gasteiger partial charge in [0.15, 0.2) is 5.96 Å². The van der Waals surface area contributed by atoms with Crippen molar-refractivity contribution in [3.8, 4) is 0 Å². The molecule has 1 saturated carbocycles. The first kappa shape index (κ1) is 20.7. The predicted molar refractivity (Wildman–Crippen MR) is 118 cm³/mol. The molecule has 0 spiro atoms. The zero-order valence-corrected chi connectivity index (χ0v) is 17.8. The Kier molecular flexibility index (Phi) is 8.38. The van der Waals surface area contributed by atoms with E-state index in [-0.39, 0.29) is 24.0 Å². The van der Waals surface area contributed by atoms with Crippen LogP contribution in [-0.4, -0.2) is 19.0 Å². The van der Waals surface area contributed by atoms with Gasteiger partial charge < -0.3 is 15.4 Å². The first-order valence-electron chi connectivity index (χ1n) is 8.91. The molecular weight excluding hydrogens is 437 g/mol. The molecule has 2 aromatic carbocycles. The van der Waals surface area contributed by atoms with E-state index in [0.717, 1.165) is 18.4 Å². The van der Waals surface area contributed by atoms with Crippen molar-refractivity contribution in [3.05, 3.63) is 71.3 Å². The number of hydrogen-bond acceptors (Lipinski definition) is 2. The highest BCUT2D eigenvalue weighted by Gasteiger charge is 2.33. The van der Waals surface area contributed by atoms with Crippen molar-refractivity contribution in [2.75, 3.05) is 7.05 Å². The molecule has 3 rings (SSSR count). The largest absolute Gasteiger partial charge is 0.372 e. The Bertz CT molecular complexity index is 705. The average molecular weight is 465 g/mol. The lowest BCUT2D eigenvalue weighted by atomic mass is 10.1. The molecule has 0 saturated heterocycles. The number of nitrogens with zero attached hydrogens (tertiary/aromatic N) is 1. The molecule has 2 N–H and O–H groups in total. The normalized spacial score (nSPS) is 18.8. The lowest BCUT2D eigenvalue weighted by molar-refractivity contribution is 0.107. The van der Waals surface area contributed by atoms with Crippen LogP contribution in [0.3, 0.4) is 0 Å². The summed E-state index contributed by atoms with van der Waals surface area (Å²) in [5, 5.41) is 6.83. The van der Waals surface area contributed by atoms with Gasteiger partial charge in [-0.25, -0.2) is 0 Å². The summed E-state index contributed by atoms with van der Waals surface area (Å²) in [6, 6.07) is 19.3. The van der Waals surface area contributed by atoms with Crippen LogP contribution in [0.4, 0.5) is 0 Å². The summed E-state index contributed by atoms with van der Waals surface area (Å²) in [5.74, 6) is 1.63. The summed E-state index contributed by atoms with van der Waals surface area (Å²) in [5.41, 5.74) is 3.62. The minimum absolute atomic E-state index is 0. The maximum absolute atomic E-state index is 5.82. The third kappa shape index (κ3) is 6.61. The van der Waals surface area contributed by atoms with Gasteiger partial charge >= 0.3 is 0 Å². The van der Waals surface area contributed by atoms with Crippen molar-refractivity contribution >= 4 is 29.9 Å². The highest BCUT2D eigenvalue weighted by atomic mass is 127. The fraction of sp³-hybridized carbons (Fsp3) is 0.381. The summed E-state index contributed by atoms with van der Waals surface area (Å²) >= 11 is 0.